The predicted molar refractivity (Wildman–Crippen MR) is 15.3 cm³/mol. The van der Waals surface area contributed by atoms with Crippen LogP contribution >= 0.6 is 0 Å². The highest BCUT2D eigenvalue weighted by atomic mass is 16.7. The fraction of sp³-hybridized carbons (Fsp3) is 0. The molecule has 0 aliphatic carbocycles. The van der Waals surface area contributed by atoms with Crippen LogP contribution in [0.5, 0.6) is 0 Å². The van der Waals surface area contributed by atoms with Gasteiger partial charge in [-0.15, -0.1) is 0 Å². The summed E-state index contributed by atoms with van der Waals surface area (Å²) in [5.41, 5.74) is 4.19. The van der Waals surface area contributed by atoms with Gasteiger partial charge in [0.1, 0.15) is 0 Å². The van der Waals surface area contributed by atoms with E-state index in [2.05, 4.69) is 10.3 Å². The Morgan fingerprint density at radius 2 is 2.80 bits per heavy atom. The Balaban J connectivity index is 2.32. The molecule has 3 heteroatoms. The zero-order valence-corrected chi connectivity index (χ0v) is 2.64. The molecule has 0 aromatic carbocycles. The second-order valence-electron chi connectivity index (χ2n) is 0.723. The van der Waals surface area contributed by atoms with E-state index in [0.29, 0.717) is 0 Å². The van der Waals surface area contributed by atoms with E-state index in [4.69, 9.17) is 0 Å². The van der Waals surface area contributed by atoms with Crippen LogP contribution in [0.25, 0.3) is 0 Å². The first-order valence-corrected chi connectivity index (χ1v) is 1.38. The van der Waals surface area contributed by atoms with E-state index in [1.165, 1.54) is 5.59 Å². The Hall–Kier alpha value is -0.700. The highest BCUT2D eigenvalue weighted by Crippen LogP contribution is 1.60. The highest BCUT2D eigenvalue weighted by molar-refractivity contribution is 4.63. The van der Waals surface area contributed by atoms with Crippen LogP contribution in [0, 0.1) is 0 Å². The molecule has 0 saturated heterocycles. The van der Waals surface area contributed by atoms with Gasteiger partial charge in [0.15, 0.2) is 6.26 Å². The molecule has 0 atom stereocenters. The van der Waals surface area contributed by atoms with Crippen LogP contribution < -0.4 is 11.0 Å². The summed E-state index contributed by atoms with van der Waals surface area (Å²) in [6.07, 6.45) is 3.28. The van der Waals surface area contributed by atoms with E-state index in [-0.39, 0.29) is 0 Å². The lowest BCUT2D eigenvalue weighted by Gasteiger charge is -1.79. The first-order chi connectivity index (χ1) is 2.50. The monoisotopic (exact) mass is 73.0 g/mol. The number of hydrogen-bond acceptors (Lipinski definition) is 2. The van der Waals surface area contributed by atoms with Gasteiger partial charge in [-0.1, -0.05) is 5.59 Å². The zero-order valence-electron chi connectivity index (χ0n) is 2.64. The fourth-order valence-corrected chi connectivity index (χ4v) is 0.196. The zero-order chi connectivity index (χ0) is 3.54. The van der Waals surface area contributed by atoms with Crippen molar-refractivity contribution in [1.82, 2.24) is 5.43 Å². The fourth-order valence-electron chi connectivity index (χ4n) is 0.196. The van der Waals surface area contributed by atoms with Gasteiger partial charge in [0.05, 0.1) is 6.20 Å². The van der Waals surface area contributed by atoms with E-state index in [0.717, 1.165) is 0 Å². The summed E-state index contributed by atoms with van der Waals surface area (Å²) in [6, 6.07) is 0. The van der Waals surface area contributed by atoms with Crippen molar-refractivity contribution in [2.24, 2.45) is 0 Å². The summed E-state index contributed by atoms with van der Waals surface area (Å²) in [4.78, 5) is 4.53. The molecule has 0 saturated carbocycles. The molecular weight excluding hydrogens is 68.0 g/mol. The number of nitrogens with one attached hydrogen (secondary N) is 1. The Labute approximate surface area is 29.5 Å². The molecule has 1 rings (SSSR count). The summed E-state index contributed by atoms with van der Waals surface area (Å²) < 4.78 is 0. The maximum absolute atomic E-state index is 4.53. The third-order valence-corrected chi connectivity index (χ3v) is 0.379. The van der Waals surface area contributed by atoms with Crippen molar-refractivity contribution in [3.8, 4) is 0 Å². The van der Waals surface area contributed by atoms with Gasteiger partial charge in [-0.05, 0) is 0 Å². The minimum atomic E-state index is 1.50. The van der Waals surface area contributed by atoms with Gasteiger partial charge < -0.3 is 0 Å². The molecule has 3 N–H and O–H groups in total. The molecule has 3 nitrogen and oxygen atoms in total. The second-order valence-corrected chi connectivity index (χ2v) is 0.723. The standard InChI is InChI=1S/C2H4N2O/c1-2-5-4-3-1/h1-4H/p+1. The Kier molecular flexibility index (Phi) is 0.478. The molecule has 28 valence electrons. The summed E-state index contributed by atoms with van der Waals surface area (Å²) >= 11 is 0. The summed E-state index contributed by atoms with van der Waals surface area (Å²) in [6.45, 7) is 0. The molecule has 1 aliphatic heterocycles. The molecule has 1 heterocycles. The van der Waals surface area contributed by atoms with Gasteiger partial charge in [-0.25, -0.2) is 5.43 Å². The topological polar surface area (TPSA) is 37.9 Å². The van der Waals surface area contributed by atoms with E-state index < -0.39 is 0 Å². The smallest absolute Gasteiger partial charge is 0.178 e. The third kappa shape index (κ3) is 0.302. The number of quaternary nitrogens is 1. The SMILES string of the molecule is C1=CO[NH2+]N1. The summed E-state index contributed by atoms with van der Waals surface area (Å²) in [7, 11) is 0. The number of nitrogens with two attached hydrogens (primary N) is 1. The van der Waals surface area contributed by atoms with Gasteiger partial charge >= 0.3 is 0 Å². The van der Waals surface area contributed by atoms with Crippen molar-refractivity contribution in [2.45, 2.75) is 0 Å². The van der Waals surface area contributed by atoms with Crippen molar-refractivity contribution in [1.29, 1.82) is 0 Å². The van der Waals surface area contributed by atoms with E-state index in [1.54, 1.807) is 12.5 Å². The highest BCUT2D eigenvalue weighted by Gasteiger charge is 1.83. The predicted octanol–water partition coefficient (Wildman–Crippen LogP) is -1.53. The minimum absolute atomic E-state index is 1.50. The van der Waals surface area contributed by atoms with Crippen molar-refractivity contribution in [2.75, 3.05) is 0 Å². The van der Waals surface area contributed by atoms with Gasteiger partial charge in [0.25, 0.3) is 0 Å². The first-order valence-electron chi connectivity index (χ1n) is 1.38. The lowest BCUT2D eigenvalue weighted by Crippen LogP contribution is -2.87. The van der Waals surface area contributed by atoms with E-state index in [1.807, 2.05) is 0 Å². The minimum Gasteiger partial charge on any atom is -0.299 e. The molecule has 0 aromatic rings. The lowest BCUT2D eigenvalue weighted by atomic mass is 11.0. The normalized spacial score (nSPS) is 17.6. The molecule has 0 radical (unpaired) electrons. The Bertz CT molecular complexity index is 45.6. The average Bonchev–Trinajstić information content (AvgIpc) is 1.76. The van der Waals surface area contributed by atoms with Gasteiger partial charge in [-0.2, -0.15) is 0 Å². The molecule has 0 bridgehead atoms. The van der Waals surface area contributed by atoms with Crippen molar-refractivity contribution in [3.05, 3.63) is 12.5 Å². The molecular formula is C2H5N2O+. The maximum Gasteiger partial charge on any atom is 0.178 e. The van der Waals surface area contributed by atoms with Crippen LogP contribution in [0.3, 0.4) is 0 Å². The molecule has 0 fully saturated rings. The molecule has 0 aromatic heterocycles. The van der Waals surface area contributed by atoms with Crippen LogP contribution in [0.2, 0.25) is 0 Å². The number of hydrogen-bond donors (Lipinski definition) is 2. The van der Waals surface area contributed by atoms with Crippen molar-refractivity contribution >= 4 is 0 Å². The quantitative estimate of drug-likeness (QED) is 0.341. The van der Waals surface area contributed by atoms with Crippen LogP contribution in [0.4, 0.5) is 0 Å². The summed E-state index contributed by atoms with van der Waals surface area (Å²) in [5.74, 6) is 0. The largest absolute Gasteiger partial charge is 0.299 e. The van der Waals surface area contributed by atoms with E-state index >= 15 is 0 Å². The summed E-state index contributed by atoms with van der Waals surface area (Å²) in [5, 5.41) is 0. The third-order valence-electron chi connectivity index (χ3n) is 0.379. The lowest BCUT2D eigenvalue weighted by molar-refractivity contribution is -0.905. The van der Waals surface area contributed by atoms with Gasteiger partial charge in [0.2, 0.25) is 0 Å². The van der Waals surface area contributed by atoms with Gasteiger partial charge in [0, 0.05) is 0 Å². The maximum atomic E-state index is 4.53. The Morgan fingerprint density at radius 3 is 3.00 bits per heavy atom. The Morgan fingerprint density at radius 1 is 1.80 bits per heavy atom. The van der Waals surface area contributed by atoms with Crippen LogP contribution in [0.15, 0.2) is 12.5 Å². The average molecular weight is 73.1 g/mol. The van der Waals surface area contributed by atoms with E-state index in [9.17, 15) is 0 Å². The first kappa shape index (κ1) is 2.53. The number of rotatable bonds is 0. The molecule has 5 heavy (non-hydrogen) atoms. The molecule has 0 unspecified atom stereocenters. The van der Waals surface area contributed by atoms with Crippen molar-refractivity contribution in [3.63, 3.8) is 0 Å². The van der Waals surface area contributed by atoms with Crippen LogP contribution in [-0.2, 0) is 4.84 Å². The van der Waals surface area contributed by atoms with Crippen molar-refractivity contribution < 1.29 is 10.4 Å². The second kappa shape index (κ2) is 0.944. The van der Waals surface area contributed by atoms with Gasteiger partial charge in [-0.3, -0.25) is 4.84 Å². The molecule has 0 amide bonds. The molecule has 0 spiro atoms. The van der Waals surface area contributed by atoms with Crippen LogP contribution in [-0.4, -0.2) is 0 Å². The molecule has 1 aliphatic rings. The van der Waals surface area contributed by atoms with Crippen LogP contribution in [0.1, 0.15) is 0 Å².